The smallest absolute Gasteiger partial charge is 0.407 e. The van der Waals surface area contributed by atoms with E-state index in [0.717, 1.165) is 98.7 Å². The fourth-order valence-corrected chi connectivity index (χ4v) is 8.07. The predicted molar refractivity (Wildman–Crippen MR) is 171 cm³/mol. The number of nitrogen functional groups attached to an aromatic ring is 1. The summed E-state index contributed by atoms with van der Waals surface area (Å²) in [6.45, 7) is 5.84. The van der Waals surface area contributed by atoms with Gasteiger partial charge in [0.15, 0.2) is 5.65 Å². The number of amides is 1. The van der Waals surface area contributed by atoms with E-state index in [9.17, 15) is 9.90 Å². The van der Waals surface area contributed by atoms with Gasteiger partial charge in [0, 0.05) is 62.3 Å². The molecule has 2 aromatic heterocycles. The van der Waals surface area contributed by atoms with E-state index in [0.29, 0.717) is 17.9 Å². The molecule has 0 unspecified atom stereocenters. The molecule has 2 aromatic carbocycles. The molecular formula is C34H40N8O3. The lowest BCUT2D eigenvalue weighted by Crippen LogP contribution is -2.65. The van der Waals surface area contributed by atoms with Crippen molar-refractivity contribution in [2.75, 3.05) is 45.0 Å². The first kappa shape index (κ1) is 28.3. The molecule has 1 spiro atoms. The zero-order chi connectivity index (χ0) is 30.5. The van der Waals surface area contributed by atoms with Gasteiger partial charge in [-0.2, -0.15) is 5.10 Å². The Bertz CT molecular complexity index is 1660. The highest BCUT2D eigenvalue weighted by Gasteiger charge is 2.49. The summed E-state index contributed by atoms with van der Waals surface area (Å²) >= 11 is 0. The average Bonchev–Trinajstić information content (AvgIpc) is 3.42. The monoisotopic (exact) mass is 608 g/mol. The third-order valence-corrected chi connectivity index (χ3v) is 10.7. The second-order valence-electron chi connectivity index (χ2n) is 13.4. The number of carbonyl (C=O) groups is 1. The second-order valence-corrected chi connectivity index (χ2v) is 13.4. The Hall–Kier alpha value is -4.22. The Morgan fingerprint density at radius 2 is 1.53 bits per heavy atom. The highest BCUT2D eigenvalue weighted by atomic mass is 16.5. The quantitative estimate of drug-likeness (QED) is 0.307. The third kappa shape index (κ3) is 5.27. The number of hydrogen-bond donors (Lipinski definition) is 2. The van der Waals surface area contributed by atoms with E-state index in [1.807, 2.05) is 54.6 Å². The Morgan fingerprint density at radius 1 is 0.844 bits per heavy atom. The number of para-hydroxylation sites is 1. The van der Waals surface area contributed by atoms with Gasteiger partial charge in [0.25, 0.3) is 0 Å². The largest absolute Gasteiger partial charge is 0.465 e. The Kier molecular flexibility index (Phi) is 7.09. The zero-order valence-corrected chi connectivity index (χ0v) is 25.5. The van der Waals surface area contributed by atoms with E-state index >= 15 is 0 Å². The average molecular weight is 609 g/mol. The van der Waals surface area contributed by atoms with Gasteiger partial charge in [-0.25, -0.2) is 19.4 Å². The number of anilines is 1. The maximum atomic E-state index is 11.2. The summed E-state index contributed by atoms with van der Waals surface area (Å²) in [4.78, 5) is 27.0. The molecule has 11 nitrogen and oxygen atoms in total. The van der Waals surface area contributed by atoms with E-state index in [1.54, 1.807) is 4.90 Å². The van der Waals surface area contributed by atoms with Crippen LogP contribution in [0.4, 0.5) is 10.6 Å². The molecule has 1 saturated carbocycles. The van der Waals surface area contributed by atoms with Crippen molar-refractivity contribution in [2.45, 2.75) is 56.7 Å². The van der Waals surface area contributed by atoms with Crippen LogP contribution in [0.25, 0.3) is 22.3 Å². The van der Waals surface area contributed by atoms with Crippen molar-refractivity contribution in [3.63, 3.8) is 0 Å². The van der Waals surface area contributed by atoms with Crippen LogP contribution in [-0.2, 0) is 0 Å². The van der Waals surface area contributed by atoms with Gasteiger partial charge >= 0.3 is 6.09 Å². The molecule has 5 heterocycles. The van der Waals surface area contributed by atoms with Crippen molar-refractivity contribution in [1.82, 2.24) is 34.4 Å². The van der Waals surface area contributed by atoms with Crippen LogP contribution in [-0.4, -0.2) is 97.0 Å². The van der Waals surface area contributed by atoms with Crippen molar-refractivity contribution in [1.29, 1.82) is 0 Å². The molecule has 234 valence electrons. The van der Waals surface area contributed by atoms with Crippen molar-refractivity contribution >= 4 is 22.9 Å². The van der Waals surface area contributed by atoms with Crippen LogP contribution in [0.2, 0.25) is 0 Å². The van der Waals surface area contributed by atoms with Gasteiger partial charge in [0.1, 0.15) is 29.3 Å². The minimum atomic E-state index is -0.768. The molecule has 1 aliphatic carbocycles. The molecule has 3 saturated heterocycles. The van der Waals surface area contributed by atoms with E-state index in [1.165, 1.54) is 19.2 Å². The second kappa shape index (κ2) is 11.3. The molecule has 1 amide bonds. The highest BCUT2D eigenvalue weighted by molar-refractivity contribution is 5.98. The van der Waals surface area contributed by atoms with Crippen LogP contribution in [0, 0.1) is 5.41 Å². The predicted octanol–water partition coefficient (Wildman–Crippen LogP) is 5.11. The number of benzene rings is 2. The number of rotatable bonds is 6. The number of likely N-dealkylation sites (tertiary alicyclic amines) is 3. The first-order chi connectivity index (χ1) is 21.9. The summed E-state index contributed by atoms with van der Waals surface area (Å²) in [6, 6.07) is 19.2. The molecule has 3 aliphatic heterocycles. The van der Waals surface area contributed by atoms with Crippen LogP contribution in [0.5, 0.6) is 11.5 Å². The maximum Gasteiger partial charge on any atom is 0.407 e. The van der Waals surface area contributed by atoms with Crippen LogP contribution in [0.1, 0.15) is 44.6 Å². The van der Waals surface area contributed by atoms with Gasteiger partial charge in [0.05, 0.1) is 11.4 Å². The number of hydrogen-bond acceptors (Lipinski definition) is 8. The Balaban J connectivity index is 0.890. The number of fused-ring (bicyclic) bond motifs is 1. The van der Waals surface area contributed by atoms with Crippen LogP contribution in [0.15, 0.2) is 60.9 Å². The van der Waals surface area contributed by atoms with Gasteiger partial charge in [0.2, 0.25) is 0 Å². The summed E-state index contributed by atoms with van der Waals surface area (Å²) in [6.07, 6.45) is 7.53. The lowest BCUT2D eigenvalue weighted by atomic mass is 9.67. The first-order valence-electron chi connectivity index (χ1n) is 16.2. The number of nitrogens with zero attached hydrogens (tertiary/aromatic N) is 7. The van der Waals surface area contributed by atoms with E-state index in [-0.39, 0.29) is 11.5 Å². The van der Waals surface area contributed by atoms with E-state index in [4.69, 9.17) is 15.6 Å². The number of aromatic nitrogens is 4. The van der Waals surface area contributed by atoms with Crippen molar-refractivity contribution in [3.05, 3.63) is 60.9 Å². The number of nitrogens with two attached hydrogens (primary N) is 1. The number of ether oxygens (including phenoxy) is 1. The van der Waals surface area contributed by atoms with Gasteiger partial charge in [-0.15, -0.1) is 0 Å². The molecule has 8 rings (SSSR count). The van der Waals surface area contributed by atoms with Crippen molar-refractivity contribution in [2.24, 2.45) is 5.41 Å². The fraction of sp³-hybridized carbons (Fsp3) is 0.471. The van der Waals surface area contributed by atoms with E-state index < -0.39 is 6.09 Å². The van der Waals surface area contributed by atoms with Crippen molar-refractivity contribution < 1.29 is 14.6 Å². The Morgan fingerprint density at radius 3 is 2.22 bits per heavy atom. The first-order valence-corrected chi connectivity index (χ1v) is 16.2. The molecule has 11 heteroatoms. The number of piperidine rings is 1. The van der Waals surface area contributed by atoms with Crippen molar-refractivity contribution in [3.8, 4) is 22.8 Å². The molecule has 3 N–H and O–H groups in total. The molecule has 4 aliphatic rings. The summed E-state index contributed by atoms with van der Waals surface area (Å²) in [5, 5.41) is 15.1. The van der Waals surface area contributed by atoms with Crippen LogP contribution < -0.4 is 10.5 Å². The molecule has 0 bridgehead atoms. The van der Waals surface area contributed by atoms with Gasteiger partial charge in [-0.05, 0) is 74.9 Å². The summed E-state index contributed by atoms with van der Waals surface area (Å²) in [5.41, 5.74) is 9.22. The molecule has 0 radical (unpaired) electrons. The lowest BCUT2D eigenvalue weighted by molar-refractivity contribution is -0.0611. The zero-order valence-electron chi connectivity index (χ0n) is 25.5. The Labute approximate surface area is 262 Å². The summed E-state index contributed by atoms with van der Waals surface area (Å²) in [7, 11) is 0. The van der Waals surface area contributed by atoms with Gasteiger partial charge < -0.3 is 20.5 Å². The minimum Gasteiger partial charge on any atom is -0.465 e. The van der Waals surface area contributed by atoms with Gasteiger partial charge in [-0.1, -0.05) is 18.2 Å². The highest BCUT2D eigenvalue weighted by Crippen LogP contribution is 2.45. The molecule has 45 heavy (non-hydrogen) atoms. The van der Waals surface area contributed by atoms with E-state index in [2.05, 4.69) is 24.4 Å². The molecule has 0 atom stereocenters. The summed E-state index contributed by atoms with van der Waals surface area (Å²) in [5.74, 6) is 2.01. The standard InChI is InChI=1S/C34H40N8O3/c35-31-29-30(23-6-8-28(9-7-23)45-27-4-2-1-3-5-27)38-42(32(29)37-22-36-31)25-12-16-39(17-13-25)26-18-40(19-26)24-10-14-34(15-11-24)20-41(21-34)33(43)44/h1-9,22,24-26H,10-21H2,(H,43,44)(H2,35,36,37). The SMILES string of the molecule is Nc1ncnc2c1c(-c1ccc(Oc3ccccc3)cc1)nn2C1CCN(C2CN(C3CCC4(CC3)CN(C(=O)O)C4)C2)CC1. The van der Waals surface area contributed by atoms with Crippen LogP contribution in [0.3, 0.4) is 0 Å². The normalized spacial score (nSPS) is 21.6. The third-order valence-electron chi connectivity index (χ3n) is 10.7. The lowest BCUT2D eigenvalue weighted by Gasteiger charge is -2.56. The van der Waals surface area contributed by atoms with Crippen LogP contribution >= 0.6 is 0 Å². The molecule has 4 fully saturated rings. The maximum absolute atomic E-state index is 11.2. The topological polar surface area (TPSA) is 126 Å². The fourth-order valence-electron chi connectivity index (χ4n) is 8.07. The number of carboxylic acid groups (broad SMARTS) is 1. The molecule has 4 aromatic rings. The molecular weight excluding hydrogens is 568 g/mol. The van der Waals surface area contributed by atoms with Gasteiger partial charge in [-0.3, -0.25) is 9.80 Å². The summed E-state index contributed by atoms with van der Waals surface area (Å²) < 4.78 is 8.08. The minimum absolute atomic E-state index is 0.256.